The highest BCUT2D eigenvalue weighted by Gasteiger charge is 2.41. The molecule has 13 heteroatoms. The van der Waals surface area contributed by atoms with E-state index < -0.39 is 48.5 Å². The minimum absolute atomic E-state index is 0.0369. The Balaban J connectivity index is 1.27. The average molecular weight is 649 g/mol. The standard InChI is InChI=1S/C34H25F5N4O4/c1-45-33(44)20-7-8-29-30(11-20)43(16-23-14-34(38,39)18-47-23)31(41-29)12-22-10-27(37)24(13-26(22)36)28-3-2-4-32(42-28)46-17-21-6-5-19(15-40)9-25(21)35/h2-11,13,23H,12,14,16-18H2,1H3. The Morgan fingerprint density at radius 2 is 1.83 bits per heavy atom. The summed E-state index contributed by atoms with van der Waals surface area (Å²) in [5.74, 6) is -5.52. The van der Waals surface area contributed by atoms with Crippen LogP contribution in [0.25, 0.3) is 22.3 Å². The highest BCUT2D eigenvalue weighted by Crippen LogP contribution is 2.33. The summed E-state index contributed by atoms with van der Waals surface area (Å²) in [7, 11) is 1.22. The maximum absolute atomic E-state index is 15.6. The highest BCUT2D eigenvalue weighted by molar-refractivity contribution is 5.93. The molecule has 47 heavy (non-hydrogen) atoms. The number of benzene rings is 3. The van der Waals surface area contributed by atoms with Crippen LogP contribution in [0.3, 0.4) is 0 Å². The summed E-state index contributed by atoms with van der Waals surface area (Å²) in [6.45, 7) is -1.01. The number of rotatable bonds is 9. The highest BCUT2D eigenvalue weighted by atomic mass is 19.3. The smallest absolute Gasteiger partial charge is 0.337 e. The van der Waals surface area contributed by atoms with Gasteiger partial charge in [-0.3, -0.25) is 0 Å². The number of fused-ring (bicyclic) bond motifs is 1. The van der Waals surface area contributed by atoms with Gasteiger partial charge in [0.1, 0.15) is 36.5 Å². The Bertz CT molecular complexity index is 2040. The van der Waals surface area contributed by atoms with Crippen molar-refractivity contribution in [3.05, 3.63) is 112 Å². The number of hydrogen-bond acceptors (Lipinski definition) is 7. The number of esters is 1. The van der Waals surface area contributed by atoms with Crippen molar-refractivity contribution >= 4 is 17.0 Å². The van der Waals surface area contributed by atoms with E-state index in [1.807, 2.05) is 6.07 Å². The minimum atomic E-state index is -3.00. The molecule has 0 radical (unpaired) electrons. The molecule has 0 amide bonds. The molecule has 1 saturated heterocycles. The number of nitriles is 1. The number of nitrogens with zero attached hydrogens (tertiary/aromatic N) is 4. The van der Waals surface area contributed by atoms with E-state index in [4.69, 9.17) is 19.5 Å². The Morgan fingerprint density at radius 3 is 2.55 bits per heavy atom. The third-order valence-electron chi connectivity index (χ3n) is 7.73. The maximum atomic E-state index is 15.6. The van der Waals surface area contributed by atoms with Crippen LogP contribution in [0.4, 0.5) is 22.0 Å². The zero-order valence-electron chi connectivity index (χ0n) is 24.8. The van der Waals surface area contributed by atoms with E-state index in [0.29, 0.717) is 11.0 Å². The molecule has 1 aliphatic heterocycles. The number of halogens is 5. The third kappa shape index (κ3) is 6.78. The van der Waals surface area contributed by atoms with E-state index in [1.54, 1.807) is 10.6 Å². The molecule has 5 aromatic rings. The quantitative estimate of drug-likeness (QED) is 0.129. The molecule has 1 unspecified atom stereocenters. The predicted octanol–water partition coefficient (Wildman–Crippen LogP) is 6.77. The number of carbonyl (C=O) groups excluding carboxylic acids is 1. The normalized spacial score (nSPS) is 15.5. The first-order chi connectivity index (χ1) is 22.5. The molecule has 240 valence electrons. The van der Waals surface area contributed by atoms with Crippen molar-refractivity contribution in [2.24, 2.45) is 0 Å². The van der Waals surface area contributed by atoms with Gasteiger partial charge in [-0.25, -0.2) is 36.7 Å². The van der Waals surface area contributed by atoms with Crippen LogP contribution in [-0.4, -0.2) is 46.2 Å². The number of imidazole rings is 1. The number of methoxy groups -OCH3 is 1. The maximum Gasteiger partial charge on any atom is 0.337 e. The summed E-state index contributed by atoms with van der Waals surface area (Å²) in [6.07, 6.45) is -1.61. The molecule has 0 saturated carbocycles. The second-order valence-corrected chi connectivity index (χ2v) is 11.0. The van der Waals surface area contributed by atoms with E-state index in [0.717, 1.165) is 18.2 Å². The van der Waals surface area contributed by atoms with Crippen molar-refractivity contribution in [2.75, 3.05) is 13.7 Å². The summed E-state index contributed by atoms with van der Waals surface area (Å²) >= 11 is 0. The predicted molar refractivity (Wildman–Crippen MR) is 158 cm³/mol. The number of ether oxygens (including phenoxy) is 3. The molecule has 0 spiro atoms. The van der Waals surface area contributed by atoms with Gasteiger partial charge in [0, 0.05) is 30.0 Å². The molecule has 0 bridgehead atoms. The van der Waals surface area contributed by atoms with E-state index in [2.05, 4.69) is 9.97 Å². The Labute approximate surface area is 265 Å². The van der Waals surface area contributed by atoms with Crippen LogP contribution in [0.5, 0.6) is 5.88 Å². The molecule has 8 nitrogen and oxygen atoms in total. The van der Waals surface area contributed by atoms with E-state index in [1.165, 1.54) is 49.6 Å². The molecule has 2 aromatic heterocycles. The fourth-order valence-electron chi connectivity index (χ4n) is 5.39. The van der Waals surface area contributed by atoms with Crippen LogP contribution in [0.2, 0.25) is 0 Å². The van der Waals surface area contributed by atoms with E-state index in [-0.39, 0.29) is 64.8 Å². The molecular weight excluding hydrogens is 623 g/mol. The first kappa shape index (κ1) is 31.6. The van der Waals surface area contributed by atoms with Gasteiger partial charge in [-0.15, -0.1) is 0 Å². The fraction of sp³-hybridized carbons (Fsp3) is 0.235. The van der Waals surface area contributed by atoms with Gasteiger partial charge in [-0.2, -0.15) is 5.26 Å². The summed E-state index contributed by atoms with van der Waals surface area (Å²) in [5, 5.41) is 8.92. The van der Waals surface area contributed by atoms with Crippen LogP contribution in [0.15, 0.2) is 66.7 Å². The molecule has 6 rings (SSSR count). The molecule has 3 aromatic carbocycles. The lowest BCUT2D eigenvalue weighted by Crippen LogP contribution is -2.19. The van der Waals surface area contributed by atoms with Crippen LogP contribution >= 0.6 is 0 Å². The molecular formula is C34H25F5N4O4. The summed E-state index contributed by atoms with van der Waals surface area (Å²) < 4.78 is 90.4. The summed E-state index contributed by atoms with van der Waals surface area (Å²) in [6, 6.07) is 16.8. The topological polar surface area (TPSA) is 99.3 Å². The molecule has 1 fully saturated rings. The Kier molecular flexibility index (Phi) is 8.62. The Morgan fingerprint density at radius 1 is 1.02 bits per heavy atom. The molecule has 1 aliphatic rings. The number of aromatic nitrogens is 3. The van der Waals surface area contributed by atoms with Gasteiger partial charge in [0.25, 0.3) is 5.92 Å². The second kappa shape index (κ2) is 12.8. The van der Waals surface area contributed by atoms with Crippen LogP contribution in [0, 0.1) is 28.8 Å². The van der Waals surface area contributed by atoms with Crippen molar-refractivity contribution in [3.63, 3.8) is 0 Å². The lowest BCUT2D eigenvalue weighted by molar-refractivity contribution is -0.0105. The first-order valence-corrected chi connectivity index (χ1v) is 14.4. The van der Waals surface area contributed by atoms with Crippen LogP contribution in [0.1, 0.15) is 39.3 Å². The number of pyridine rings is 1. The van der Waals surface area contributed by atoms with Gasteiger partial charge in [0.2, 0.25) is 5.88 Å². The minimum Gasteiger partial charge on any atom is -0.473 e. The lowest BCUT2D eigenvalue weighted by atomic mass is 10.0. The first-order valence-electron chi connectivity index (χ1n) is 14.4. The zero-order chi connectivity index (χ0) is 33.3. The van der Waals surface area contributed by atoms with Crippen molar-refractivity contribution in [3.8, 4) is 23.2 Å². The number of hydrogen-bond donors (Lipinski definition) is 0. The fourth-order valence-corrected chi connectivity index (χ4v) is 5.39. The van der Waals surface area contributed by atoms with Crippen molar-refractivity contribution in [1.82, 2.24) is 14.5 Å². The zero-order valence-corrected chi connectivity index (χ0v) is 24.8. The molecule has 3 heterocycles. The van der Waals surface area contributed by atoms with Gasteiger partial charge in [-0.05, 0) is 54.1 Å². The van der Waals surface area contributed by atoms with Crippen molar-refractivity contribution < 1.29 is 41.0 Å². The molecule has 0 N–H and O–H groups in total. The lowest BCUT2D eigenvalue weighted by Gasteiger charge is -2.15. The summed E-state index contributed by atoms with van der Waals surface area (Å²) in [4.78, 5) is 21.0. The van der Waals surface area contributed by atoms with Crippen molar-refractivity contribution in [1.29, 1.82) is 5.26 Å². The summed E-state index contributed by atoms with van der Waals surface area (Å²) in [5.41, 5.74) is 1.22. The largest absolute Gasteiger partial charge is 0.473 e. The number of carbonyl (C=O) groups is 1. The van der Waals surface area contributed by atoms with Crippen LogP contribution < -0.4 is 4.74 Å². The van der Waals surface area contributed by atoms with Gasteiger partial charge >= 0.3 is 5.97 Å². The van der Waals surface area contributed by atoms with E-state index >= 15 is 8.78 Å². The van der Waals surface area contributed by atoms with Gasteiger partial charge in [0.05, 0.1) is 53.7 Å². The second-order valence-electron chi connectivity index (χ2n) is 11.0. The Hall–Kier alpha value is -5.35. The monoisotopic (exact) mass is 648 g/mol. The number of alkyl halides is 2. The molecule has 0 aliphatic carbocycles. The van der Waals surface area contributed by atoms with Crippen molar-refractivity contribution in [2.45, 2.75) is 38.0 Å². The third-order valence-corrected chi connectivity index (χ3v) is 7.73. The average Bonchev–Trinajstić information content (AvgIpc) is 3.58. The van der Waals surface area contributed by atoms with Gasteiger partial charge in [-0.1, -0.05) is 12.1 Å². The SMILES string of the molecule is COC(=O)c1ccc2nc(Cc3cc(F)c(-c4cccc(OCc5ccc(C#N)cc5F)n4)cc3F)n(CC3CC(F)(F)CO3)c2c1. The van der Waals surface area contributed by atoms with E-state index in [9.17, 15) is 18.0 Å². The molecule has 1 atom stereocenters. The van der Waals surface area contributed by atoms with Gasteiger partial charge < -0.3 is 18.8 Å². The van der Waals surface area contributed by atoms with Crippen LogP contribution in [-0.2, 0) is 29.0 Å². The van der Waals surface area contributed by atoms with Gasteiger partial charge in [0.15, 0.2) is 0 Å².